The Hall–Kier alpha value is -1.14. The van der Waals surface area contributed by atoms with Gasteiger partial charge in [-0.15, -0.1) is 0 Å². The summed E-state index contributed by atoms with van der Waals surface area (Å²) in [5.41, 5.74) is 6.34. The molecule has 0 aliphatic carbocycles. The zero-order valence-electron chi connectivity index (χ0n) is 12.3. The normalized spacial score (nSPS) is 15.2. The van der Waals surface area contributed by atoms with Gasteiger partial charge in [-0.3, -0.25) is 4.90 Å². The van der Waals surface area contributed by atoms with Crippen LogP contribution in [0.15, 0.2) is 24.3 Å². The lowest BCUT2D eigenvalue weighted by Crippen LogP contribution is -2.40. The summed E-state index contributed by atoms with van der Waals surface area (Å²) in [5, 5.41) is 0. The van der Waals surface area contributed by atoms with Crippen molar-refractivity contribution in [3.8, 4) is 0 Å². The van der Waals surface area contributed by atoms with Crippen molar-refractivity contribution in [3.63, 3.8) is 0 Å². The van der Waals surface area contributed by atoms with Gasteiger partial charge in [0.05, 0.1) is 6.54 Å². The second-order valence-electron chi connectivity index (χ2n) is 5.37. The predicted octanol–water partition coefficient (Wildman–Crippen LogP) is 3.74. The standard InChI is InChI=1S/C15H22F4N2/c1-3-8-21(10-15(17,18)19)9-11(2)14(20)12-6-4-5-7-13(12)16/h4-7,11,14H,3,8-10,20H2,1-2H3. The fourth-order valence-electron chi connectivity index (χ4n) is 2.38. The Morgan fingerprint density at radius 2 is 1.86 bits per heavy atom. The number of rotatable bonds is 7. The molecule has 0 aliphatic rings. The van der Waals surface area contributed by atoms with E-state index in [1.165, 1.54) is 11.0 Å². The molecular formula is C15H22F4N2. The second kappa shape index (κ2) is 7.75. The van der Waals surface area contributed by atoms with E-state index in [1.54, 1.807) is 25.1 Å². The van der Waals surface area contributed by atoms with Gasteiger partial charge in [0, 0.05) is 18.2 Å². The van der Waals surface area contributed by atoms with E-state index in [1.807, 2.05) is 6.92 Å². The zero-order chi connectivity index (χ0) is 16.0. The Morgan fingerprint density at radius 1 is 1.24 bits per heavy atom. The first kappa shape index (κ1) is 17.9. The van der Waals surface area contributed by atoms with E-state index in [-0.39, 0.29) is 12.5 Å². The molecule has 1 rings (SSSR count). The van der Waals surface area contributed by atoms with Gasteiger partial charge < -0.3 is 5.73 Å². The van der Waals surface area contributed by atoms with E-state index in [2.05, 4.69) is 0 Å². The monoisotopic (exact) mass is 306 g/mol. The van der Waals surface area contributed by atoms with Crippen LogP contribution in [0.25, 0.3) is 0 Å². The molecule has 120 valence electrons. The average Bonchev–Trinajstić information content (AvgIpc) is 2.36. The number of nitrogens with two attached hydrogens (primary N) is 1. The molecule has 0 saturated carbocycles. The third-order valence-corrected chi connectivity index (χ3v) is 3.37. The number of nitrogens with zero attached hydrogens (tertiary/aromatic N) is 1. The topological polar surface area (TPSA) is 29.3 Å². The van der Waals surface area contributed by atoms with Crippen molar-refractivity contribution in [1.29, 1.82) is 0 Å². The van der Waals surface area contributed by atoms with Crippen molar-refractivity contribution < 1.29 is 17.6 Å². The summed E-state index contributed by atoms with van der Waals surface area (Å²) in [6, 6.07) is 5.48. The highest BCUT2D eigenvalue weighted by Crippen LogP contribution is 2.24. The molecule has 1 aromatic rings. The fraction of sp³-hybridized carbons (Fsp3) is 0.600. The first-order valence-electron chi connectivity index (χ1n) is 7.03. The molecule has 0 heterocycles. The quantitative estimate of drug-likeness (QED) is 0.778. The van der Waals surface area contributed by atoms with Crippen LogP contribution in [0.5, 0.6) is 0 Å². The Bertz CT molecular complexity index is 434. The van der Waals surface area contributed by atoms with Gasteiger partial charge in [0.15, 0.2) is 0 Å². The van der Waals surface area contributed by atoms with Crippen LogP contribution in [0.2, 0.25) is 0 Å². The van der Waals surface area contributed by atoms with Crippen LogP contribution in [0.1, 0.15) is 31.9 Å². The number of benzene rings is 1. The van der Waals surface area contributed by atoms with Gasteiger partial charge in [-0.05, 0) is 24.9 Å². The first-order valence-corrected chi connectivity index (χ1v) is 7.03. The van der Waals surface area contributed by atoms with E-state index < -0.39 is 24.6 Å². The predicted molar refractivity (Wildman–Crippen MR) is 75.3 cm³/mol. The molecule has 21 heavy (non-hydrogen) atoms. The minimum atomic E-state index is -4.24. The van der Waals surface area contributed by atoms with E-state index in [0.29, 0.717) is 18.5 Å². The SMILES string of the molecule is CCCN(CC(C)C(N)c1ccccc1F)CC(F)(F)F. The number of hydrogen-bond donors (Lipinski definition) is 1. The summed E-state index contributed by atoms with van der Waals surface area (Å²) in [5.74, 6) is -0.703. The second-order valence-corrected chi connectivity index (χ2v) is 5.37. The Balaban J connectivity index is 2.72. The molecular weight excluding hydrogens is 284 g/mol. The molecule has 0 radical (unpaired) electrons. The molecule has 2 atom stereocenters. The van der Waals surface area contributed by atoms with Crippen molar-refractivity contribution in [3.05, 3.63) is 35.6 Å². The highest BCUT2D eigenvalue weighted by atomic mass is 19.4. The van der Waals surface area contributed by atoms with Crippen LogP contribution in [0, 0.1) is 11.7 Å². The van der Waals surface area contributed by atoms with Crippen molar-refractivity contribution in [2.45, 2.75) is 32.5 Å². The van der Waals surface area contributed by atoms with Crippen LogP contribution in [-0.2, 0) is 0 Å². The average molecular weight is 306 g/mol. The summed E-state index contributed by atoms with van der Waals surface area (Å²) in [6.45, 7) is 3.13. The maximum Gasteiger partial charge on any atom is 0.401 e. The largest absolute Gasteiger partial charge is 0.401 e. The van der Waals surface area contributed by atoms with Gasteiger partial charge in [0.1, 0.15) is 5.82 Å². The molecule has 0 fully saturated rings. The van der Waals surface area contributed by atoms with Gasteiger partial charge >= 0.3 is 6.18 Å². The molecule has 1 aromatic carbocycles. The highest BCUT2D eigenvalue weighted by Gasteiger charge is 2.31. The molecule has 6 heteroatoms. The van der Waals surface area contributed by atoms with Gasteiger partial charge in [-0.25, -0.2) is 4.39 Å². The zero-order valence-corrected chi connectivity index (χ0v) is 12.3. The minimum absolute atomic E-state index is 0.183. The molecule has 0 aliphatic heterocycles. The summed E-state index contributed by atoms with van der Waals surface area (Å²) in [7, 11) is 0. The van der Waals surface area contributed by atoms with Gasteiger partial charge in [0.25, 0.3) is 0 Å². The van der Waals surface area contributed by atoms with E-state index in [0.717, 1.165) is 0 Å². The molecule has 2 N–H and O–H groups in total. The smallest absolute Gasteiger partial charge is 0.324 e. The van der Waals surface area contributed by atoms with Crippen molar-refractivity contribution in [1.82, 2.24) is 4.90 Å². The summed E-state index contributed by atoms with van der Waals surface area (Å²) in [4.78, 5) is 1.32. The maximum absolute atomic E-state index is 13.7. The summed E-state index contributed by atoms with van der Waals surface area (Å²) in [6.07, 6.45) is -3.62. The van der Waals surface area contributed by atoms with Crippen LogP contribution in [-0.4, -0.2) is 30.7 Å². The number of alkyl halides is 3. The van der Waals surface area contributed by atoms with Crippen LogP contribution >= 0.6 is 0 Å². The molecule has 0 spiro atoms. The maximum atomic E-state index is 13.7. The number of halogens is 4. The lowest BCUT2D eigenvalue weighted by Gasteiger charge is -2.29. The number of hydrogen-bond acceptors (Lipinski definition) is 2. The minimum Gasteiger partial charge on any atom is -0.324 e. The first-order chi connectivity index (χ1) is 9.74. The molecule has 2 unspecified atom stereocenters. The van der Waals surface area contributed by atoms with Gasteiger partial charge in [0.2, 0.25) is 0 Å². The van der Waals surface area contributed by atoms with E-state index >= 15 is 0 Å². The van der Waals surface area contributed by atoms with Crippen LogP contribution in [0.3, 0.4) is 0 Å². The fourth-order valence-corrected chi connectivity index (χ4v) is 2.38. The lowest BCUT2D eigenvalue weighted by atomic mass is 9.94. The van der Waals surface area contributed by atoms with Gasteiger partial charge in [-0.2, -0.15) is 13.2 Å². The Labute approximate surface area is 122 Å². The Morgan fingerprint density at radius 3 is 2.38 bits per heavy atom. The third kappa shape index (κ3) is 6.01. The van der Waals surface area contributed by atoms with E-state index in [9.17, 15) is 17.6 Å². The molecule has 0 saturated heterocycles. The third-order valence-electron chi connectivity index (χ3n) is 3.37. The van der Waals surface area contributed by atoms with Crippen molar-refractivity contribution >= 4 is 0 Å². The van der Waals surface area contributed by atoms with Crippen LogP contribution < -0.4 is 5.73 Å². The molecule has 0 amide bonds. The molecule has 0 aromatic heterocycles. The Kier molecular flexibility index (Phi) is 6.61. The van der Waals surface area contributed by atoms with E-state index in [4.69, 9.17) is 5.73 Å². The van der Waals surface area contributed by atoms with Crippen molar-refractivity contribution in [2.24, 2.45) is 11.7 Å². The van der Waals surface area contributed by atoms with Crippen molar-refractivity contribution in [2.75, 3.05) is 19.6 Å². The summed E-state index contributed by atoms with van der Waals surface area (Å²) >= 11 is 0. The highest BCUT2D eigenvalue weighted by molar-refractivity contribution is 5.21. The molecule has 0 bridgehead atoms. The molecule has 2 nitrogen and oxygen atoms in total. The summed E-state index contributed by atoms with van der Waals surface area (Å²) < 4.78 is 51.3. The van der Waals surface area contributed by atoms with Gasteiger partial charge in [-0.1, -0.05) is 32.0 Å². The van der Waals surface area contributed by atoms with Crippen LogP contribution in [0.4, 0.5) is 17.6 Å². The lowest BCUT2D eigenvalue weighted by molar-refractivity contribution is -0.147.